The second-order valence-corrected chi connectivity index (χ2v) is 5.12. The summed E-state index contributed by atoms with van der Waals surface area (Å²) in [4.78, 5) is 11.9. The van der Waals surface area contributed by atoms with Gasteiger partial charge in [0.15, 0.2) is 11.5 Å². The maximum absolute atomic E-state index is 11.9. The number of para-hydroxylation sites is 3. The van der Waals surface area contributed by atoms with Crippen molar-refractivity contribution in [2.24, 2.45) is 0 Å². The van der Waals surface area contributed by atoms with E-state index in [1.54, 1.807) is 55.5 Å². The Labute approximate surface area is 138 Å². The summed E-state index contributed by atoms with van der Waals surface area (Å²) in [7, 11) is 0. The summed E-state index contributed by atoms with van der Waals surface area (Å²) in [5, 5.41) is 5.97. The Hall–Kier alpha value is -2.60. The molecule has 0 spiro atoms. The number of benzene rings is 2. The van der Waals surface area contributed by atoms with E-state index in [9.17, 15) is 4.79 Å². The predicted octanol–water partition coefficient (Wildman–Crippen LogP) is 3.58. The van der Waals surface area contributed by atoms with Gasteiger partial charge in [-0.1, -0.05) is 35.9 Å². The molecule has 2 aromatic carbocycles. The van der Waals surface area contributed by atoms with E-state index in [1.807, 2.05) is 0 Å². The van der Waals surface area contributed by atoms with Gasteiger partial charge in [0, 0.05) is 0 Å². The van der Waals surface area contributed by atoms with Gasteiger partial charge in [0.2, 0.25) is 0 Å². The first kappa shape index (κ1) is 15.3. The van der Waals surface area contributed by atoms with E-state index in [-0.39, 0.29) is 6.61 Å². The molecular formula is C16H15ClN2O4. The van der Waals surface area contributed by atoms with E-state index >= 15 is 0 Å². The number of rotatable bonds is 4. The van der Waals surface area contributed by atoms with Gasteiger partial charge < -0.3 is 14.2 Å². The van der Waals surface area contributed by atoms with Crippen LogP contribution in [0.2, 0.25) is 5.02 Å². The highest BCUT2D eigenvalue weighted by molar-refractivity contribution is 6.33. The van der Waals surface area contributed by atoms with Gasteiger partial charge in [-0.2, -0.15) is 0 Å². The van der Waals surface area contributed by atoms with Crippen molar-refractivity contribution >= 4 is 23.4 Å². The molecule has 3 rings (SSSR count). The molecule has 0 unspecified atom stereocenters. The number of carbonyl (C=O) groups is 1. The fourth-order valence-corrected chi connectivity index (χ4v) is 2.31. The number of hydrogen-bond donors (Lipinski definition) is 2. The van der Waals surface area contributed by atoms with Crippen molar-refractivity contribution in [3.05, 3.63) is 53.6 Å². The van der Waals surface area contributed by atoms with Gasteiger partial charge >= 0.3 is 12.1 Å². The van der Waals surface area contributed by atoms with Crippen LogP contribution in [0.15, 0.2) is 48.5 Å². The zero-order valence-corrected chi connectivity index (χ0v) is 13.1. The van der Waals surface area contributed by atoms with Crippen LogP contribution in [0.3, 0.4) is 0 Å². The summed E-state index contributed by atoms with van der Waals surface area (Å²) in [5.74, 6) is 0.979. The second-order valence-electron chi connectivity index (χ2n) is 4.72. The summed E-state index contributed by atoms with van der Waals surface area (Å²) in [6, 6.07) is 12.5. The summed E-state index contributed by atoms with van der Waals surface area (Å²) < 4.78 is 16.4. The van der Waals surface area contributed by atoms with Crippen LogP contribution in [-0.2, 0) is 4.74 Å². The number of carbonyl (C=O) groups excluding carboxylic acids is 1. The Balaban J connectivity index is 1.89. The second kappa shape index (κ2) is 6.26. The molecule has 0 aromatic heterocycles. The van der Waals surface area contributed by atoms with E-state index in [2.05, 4.69) is 10.6 Å². The third kappa shape index (κ3) is 3.27. The average molecular weight is 335 g/mol. The fourth-order valence-electron chi connectivity index (χ4n) is 2.12. The minimum atomic E-state index is -1.64. The molecule has 7 heteroatoms. The molecule has 0 saturated heterocycles. The van der Waals surface area contributed by atoms with Crippen molar-refractivity contribution in [3.8, 4) is 11.5 Å². The molecule has 0 atom stereocenters. The van der Waals surface area contributed by atoms with Crippen LogP contribution in [0.1, 0.15) is 6.92 Å². The number of anilines is 1. The minimum Gasteiger partial charge on any atom is -0.450 e. The molecule has 0 bridgehead atoms. The normalized spacial score (nSPS) is 14.2. The molecule has 0 aliphatic carbocycles. The number of alkyl carbamates (subject to hydrolysis) is 1. The van der Waals surface area contributed by atoms with E-state index in [0.29, 0.717) is 22.2 Å². The fraction of sp³-hybridized carbons (Fsp3) is 0.188. The van der Waals surface area contributed by atoms with E-state index in [4.69, 9.17) is 25.8 Å². The van der Waals surface area contributed by atoms with Crippen molar-refractivity contribution in [1.29, 1.82) is 0 Å². The van der Waals surface area contributed by atoms with Crippen LogP contribution in [0.4, 0.5) is 10.5 Å². The molecule has 0 saturated carbocycles. The molecule has 23 heavy (non-hydrogen) atoms. The van der Waals surface area contributed by atoms with Crippen molar-refractivity contribution in [2.75, 3.05) is 11.9 Å². The summed E-state index contributed by atoms with van der Waals surface area (Å²) in [6.45, 7) is 1.93. The van der Waals surface area contributed by atoms with Crippen LogP contribution in [-0.4, -0.2) is 18.7 Å². The smallest absolute Gasteiger partial charge is 0.435 e. The third-order valence-corrected chi connectivity index (χ3v) is 3.40. The largest absolute Gasteiger partial charge is 0.450 e. The monoisotopic (exact) mass is 334 g/mol. The number of ether oxygens (including phenoxy) is 3. The molecule has 1 amide bonds. The van der Waals surface area contributed by atoms with Crippen LogP contribution in [0, 0.1) is 0 Å². The maximum atomic E-state index is 11.9. The van der Waals surface area contributed by atoms with Gasteiger partial charge in [-0.3, -0.25) is 5.32 Å². The molecule has 0 fully saturated rings. The highest BCUT2D eigenvalue weighted by Gasteiger charge is 2.45. The lowest BCUT2D eigenvalue weighted by molar-refractivity contribution is -0.0769. The van der Waals surface area contributed by atoms with E-state index in [1.165, 1.54) is 0 Å². The van der Waals surface area contributed by atoms with E-state index in [0.717, 1.165) is 0 Å². The van der Waals surface area contributed by atoms with Crippen molar-refractivity contribution in [3.63, 3.8) is 0 Å². The van der Waals surface area contributed by atoms with E-state index < -0.39 is 12.1 Å². The number of halogens is 1. The van der Waals surface area contributed by atoms with Crippen molar-refractivity contribution in [2.45, 2.75) is 13.0 Å². The van der Waals surface area contributed by atoms with Crippen molar-refractivity contribution in [1.82, 2.24) is 5.32 Å². The topological polar surface area (TPSA) is 68.8 Å². The lowest BCUT2D eigenvalue weighted by Gasteiger charge is -2.29. The minimum absolute atomic E-state index is 0.223. The van der Waals surface area contributed by atoms with Crippen LogP contribution in [0.25, 0.3) is 0 Å². The molecule has 2 aromatic rings. The summed E-state index contributed by atoms with van der Waals surface area (Å²) in [5.41, 5.74) is 0.541. The lowest BCUT2D eigenvalue weighted by atomic mass is 10.3. The Bertz CT molecular complexity index is 698. The van der Waals surface area contributed by atoms with Crippen molar-refractivity contribution < 1.29 is 19.0 Å². The lowest BCUT2D eigenvalue weighted by Crippen LogP contribution is -2.61. The first-order chi connectivity index (χ1) is 11.1. The Morgan fingerprint density at radius 3 is 2.35 bits per heavy atom. The summed E-state index contributed by atoms with van der Waals surface area (Å²) in [6.07, 6.45) is -0.681. The quantitative estimate of drug-likeness (QED) is 0.836. The predicted molar refractivity (Wildman–Crippen MR) is 85.7 cm³/mol. The highest BCUT2D eigenvalue weighted by Crippen LogP contribution is 2.39. The Morgan fingerprint density at radius 2 is 1.74 bits per heavy atom. The molecule has 1 heterocycles. The summed E-state index contributed by atoms with van der Waals surface area (Å²) >= 11 is 6.16. The number of amides is 1. The molecule has 1 aliphatic rings. The third-order valence-electron chi connectivity index (χ3n) is 3.07. The molecule has 0 radical (unpaired) electrons. The van der Waals surface area contributed by atoms with Gasteiger partial charge in [-0.05, 0) is 31.2 Å². The zero-order valence-electron chi connectivity index (χ0n) is 12.3. The Morgan fingerprint density at radius 1 is 1.13 bits per heavy atom. The first-order valence-corrected chi connectivity index (χ1v) is 7.44. The Kier molecular flexibility index (Phi) is 4.16. The zero-order chi connectivity index (χ0) is 16.3. The van der Waals surface area contributed by atoms with Gasteiger partial charge in [0.1, 0.15) is 0 Å². The molecule has 120 valence electrons. The average Bonchev–Trinajstić information content (AvgIpc) is 2.87. The first-order valence-electron chi connectivity index (χ1n) is 7.06. The SMILES string of the molecule is CCOC(=O)NC1(Nc2ccccc2Cl)Oc2ccccc2O1. The number of fused-ring (bicyclic) bond motifs is 1. The number of nitrogens with one attached hydrogen (secondary N) is 2. The van der Waals surface area contributed by atoms with Crippen LogP contribution in [0.5, 0.6) is 11.5 Å². The highest BCUT2D eigenvalue weighted by atomic mass is 35.5. The number of hydrogen-bond acceptors (Lipinski definition) is 5. The standard InChI is InChI=1S/C16H15ClN2O4/c1-2-21-15(20)19-16(18-12-8-4-3-7-11(12)17)22-13-9-5-6-10-14(13)23-16/h3-10,18H,2H2,1H3,(H,19,20). The van der Waals surface area contributed by atoms with Gasteiger partial charge in [0.25, 0.3) is 0 Å². The maximum Gasteiger partial charge on any atom is 0.435 e. The van der Waals surface area contributed by atoms with Crippen LogP contribution < -0.4 is 20.1 Å². The molecule has 1 aliphatic heterocycles. The molecule has 2 N–H and O–H groups in total. The molecule has 6 nitrogen and oxygen atoms in total. The van der Waals surface area contributed by atoms with Gasteiger partial charge in [-0.15, -0.1) is 0 Å². The molecular weight excluding hydrogens is 320 g/mol. The van der Waals surface area contributed by atoms with Crippen LogP contribution >= 0.6 is 11.6 Å². The van der Waals surface area contributed by atoms with Gasteiger partial charge in [-0.25, -0.2) is 10.1 Å². The van der Waals surface area contributed by atoms with Gasteiger partial charge in [0.05, 0.1) is 17.3 Å².